The Morgan fingerprint density at radius 1 is 1.00 bits per heavy atom. The summed E-state index contributed by atoms with van der Waals surface area (Å²) < 4.78 is 11.2. The lowest BCUT2D eigenvalue weighted by molar-refractivity contribution is -0.117. The number of rotatable bonds is 5. The highest BCUT2D eigenvalue weighted by Crippen LogP contribution is 2.50. The number of carbonyl (C=O) groups excluding carboxylic acids is 3. The molecule has 1 aliphatic carbocycles. The van der Waals surface area contributed by atoms with E-state index in [4.69, 9.17) is 9.47 Å². The van der Waals surface area contributed by atoms with Gasteiger partial charge in [-0.15, -0.1) is 0 Å². The summed E-state index contributed by atoms with van der Waals surface area (Å²) >= 11 is 0. The van der Waals surface area contributed by atoms with Crippen molar-refractivity contribution in [3.05, 3.63) is 59.7 Å². The van der Waals surface area contributed by atoms with Gasteiger partial charge in [-0.05, 0) is 70.2 Å². The molecular weight excluding hydrogens is 532 g/mol. The number of anilines is 2. The van der Waals surface area contributed by atoms with Crippen molar-refractivity contribution in [2.45, 2.75) is 84.7 Å². The fourth-order valence-electron chi connectivity index (χ4n) is 6.43. The molecule has 2 aliphatic heterocycles. The molecule has 0 radical (unpaired) electrons. The van der Waals surface area contributed by atoms with Gasteiger partial charge in [0.15, 0.2) is 0 Å². The molecule has 0 spiro atoms. The van der Waals surface area contributed by atoms with Gasteiger partial charge in [-0.3, -0.25) is 4.79 Å². The molecule has 2 aromatic carbocycles. The molecule has 2 heterocycles. The van der Waals surface area contributed by atoms with Crippen LogP contribution in [0.25, 0.3) is 0 Å². The van der Waals surface area contributed by atoms with Gasteiger partial charge in [0, 0.05) is 61.5 Å². The van der Waals surface area contributed by atoms with Gasteiger partial charge in [0.25, 0.3) is 0 Å². The predicted octanol–water partition coefficient (Wildman–Crippen LogP) is 5.88. The van der Waals surface area contributed by atoms with Crippen LogP contribution in [0.5, 0.6) is 0 Å². The molecule has 1 saturated carbocycles. The van der Waals surface area contributed by atoms with Crippen molar-refractivity contribution in [2.24, 2.45) is 11.8 Å². The van der Waals surface area contributed by atoms with Crippen LogP contribution in [0.15, 0.2) is 48.5 Å². The number of piperazine rings is 1. The number of alkyl carbamates (subject to hydrolysis) is 1. The lowest BCUT2D eigenvalue weighted by Gasteiger charge is -2.46. The summed E-state index contributed by atoms with van der Waals surface area (Å²) in [6.45, 7) is 13.4. The third-order valence-corrected chi connectivity index (χ3v) is 8.52. The van der Waals surface area contributed by atoms with Crippen LogP contribution < -0.4 is 15.1 Å². The Bertz CT molecular complexity index is 1310. The zero-order chi connectivity index (χ0) is 30.2. The number of hydrogen-bond acceptors (Lipinski definition) is 6. The summed E-state index contributed by atoms with van der Waals surface area (Å²) in [6, 6.07) is 15.4. The van der Waals surface area contributed by atoms with E-state index in [-0.39, 0.29) is 42.7 Å². The zero-order valence-electron chi connectivity index (χ0n) is 25.6. The normalized spacial score (nSPS) is 24.1. The Morgan fingerprint density at radius 3 is 2.33 bits per heavy atom. The molecule has 1 unspecified atom stereocenters. The summed E-state index contributed by atoms with van der Waals surface area (Å²) in [5.41, 5.74) is 3.12. The van der Waals surface area contributed by atoms with E-state index in [2.05, 4.69) is 29.3 Å². The first-order chi connectivity index (χ1) is 19.9. The molecule has 5 rings (SSSR count). The van der Waals surface area contributed by atoms with Gasteiger partial charge in [-0.2, -0.15) is 0 Å². The third-order valence-electron chi connectivity index (χ3n) is 8.52. The molecule has 2 aromatic rings. The minimum Gasteiger partial charge on any atom is -0.445 e. The van der Waals surface area contributed by atoms with Crippen molar-refractivity contribution < 1.29 is 23.9 Å². The molecule has 3 amide bonds. The van der Waals surface area contributed by atoms with Crippen LogP contribution in [0, 0.1) is 11.8 Å². The monoisotopic (exact) mass is 576 g/mol. The van der Waals surface area contributed by atoms with Gasteiger partial charge < -0.3 is 29.5 Å². The van der Waals surface area contributed by atoms with Gasteiger partial charge in [0.1, 0.15) is 12.2 Å². The van der Waals surface area contributed by atoms with Gasteiger partial charge in [-0.25, -0.2) is 9.59 Å². The maximum absolute atomic E-state index is 13.1. The first-order valence-electron chi connectivity index (χ1n) is 15.1. The number of nitrogens with one attached hydrogen (secondary N) is 1. The standard InChI is InChI=1S/C33H44N4O5/c1-21-19-35(16-17-36(21)32(40)42-33(4,5)6)26-14-15-28-27(18-26)29(22(2)30(25-12-13-25)37(28)23(3)38)34-31(39)41-20-24-10-8-7-9-11-24/h7-11,14-15,18,21-22,25,29-30H,12-13,16-17,19-20H2,1-6H3,(H,34,39)/t21-,22+,29+,30?/m0/s1. The molecule has 4 atom stereocenters. The van der Waals surface area contributed by atoms with Crippen molar-refractivity contribution >= 4 is 29.5 Å². The predicted molar refractivity (Wildman–Crippen MR) is 162 cm³/mol. The summed E-state index contributed by atoms with van der Waals surface area (Å²) in [5, 5.41) is 3.16. The van der Waals surface area contributed by atoms with Gasteiger partial charge in [-0.1, -0.05) is 37.3 Å². The van der Waals surface area contributed by atoms with E-state index in [1.807, 2.05) is 69.0 Å². The van der Waals surface area contributed by atoms with Crippen molar-refractivity contribution in [1.29, 1.82) is 0 Å². The van der Waals surface area contributed by atoms with E-state index < -0.39 is 11.7 Å². The highest BCUT2D eigenvalue weighted by Gasteiger charge is 2.48. The number of amides is 3. The molecule has 9 nitrogen and oxygen atoms in total. The zero-order valence-corrected chi connectivity index (χ0v) is 25.6. The minimum atomic E-state index is -0.547. The Hall–Kier alpha value is -3.75. The molecule has 0 bridgehead atoms. The maximum Gasteiger partial charge on any atom is 0.410 e. The van der Waals surface area contributed by atoms with E-state index in [0.717, 1.165) is 35.3 Å². The summed E-state index contributed by atoms with van der Waals surface area (Å²) in [6.07, 6.45) is 1.39. The average Bonchev–Trinajstić information content (AvgIpc) is 3.77. The van der Waals surface area contributed by atoms with E-state index in [0.29, 0.717) is 25.6 Å². The Labute approximate surface area is 249 Å². The topological polar surface area (TPSA) is 91.4 Å². The van der Waals surface area contributed by atoms with Crippen LogP contribution in [0.1, 0.15) is 71.6 Å². The second-order valence-corrected chi connectivity index (χ2v) is 13.0. The smallest absolute Gasteiger partial charge is 0.410 e. The summed E-state index contributed by atoms with van der Waals surface area (Å²) in [7, 11) is 0. The fourth-order valence-corrected chi connectivity index (χ4v) is 6.43. The molecule has 9 heteroatoms. The second kappa shape index (κ2) is 11.9. The molecule has 2 fully saturated rings. The second-order valence-electron chi connectivity index (χ2n) is 13.0. The van der Waals surface area contributed by atoms with Crippen LogP contribution in [-0.2, 0) is 20.9 Å². The van der Waals surface area contributed by atoms with Crippen LogP contribution in [0.3, 0.4) is 0 Å². The summed E-state index contributed by atoms with van der Waals surface area (Å²) in [5.74, 6) is 0.428. The van der Waals surface area contributed by atoms with E-state index in [1.54, 1.807) is 11.8 Å². The third kappa shape index (κ3) is 6.50. The van der Waals surface area contributed by atoms with Crippen molar-refractivity contribution in [3.63, 3.8) is 0 Å². The summed E-state index contributed by atoms with van der Waals surface area (Å²) in [4.78, 5) is 44.9. The average molecular weight is 577 g/mol. The molecule has 0 aromatic heterocycles. The number of fused-ring (bicyclic) bond motifs is 1. The molecule has 226 valence electrons. The molecule has 1 saturated heterocycles. The van der Waals surface area contributed by atoms with E-state index in [9.17, 15) is 14.4 Å². The lowest BCUT2D eigenvalue weighted by Crippen LogP contribution is -2.55. The first-order valence-corrected chi connectivity index (χ1v) is 15.1. The van der Waals surface area contributed by atoms with Crippen molar-refractivity contribution in [2.75, 3.05) is 29.4 Å². The van der Waals surface area contributed by atoms with Crippen LogP contribution in [0.2, 0.25) is 0 Å². The van der Waals surface area contributed by atoms with Gasteiger partial charge in [0.2, 0.25) is 5.91 Å². The number of hydrogen-bond donors (Lipinski definition) is 1. The number of carbonyl (C=O) groups is 3. The van der Waals surface area contributed by atoms with E-state index in [1.165, 1.54) is 0 Å². The lowest BCUT2D eigenvalue weighted by atomic mass is 9.79. The minimum absolute atomic E-state index is 0.00337. The Morgan fingerprint density at radius 2 is 1.71 bits per heavy atom. The molecule has 42 heavy (non-hydrogen) atoms. The van der Waals surface area contributed by atoms with Crippen LogP contribution >= 0.6 is 0 Å². The molecular formula is C33H44N4O5. The Balaban J connectivity index is 1.39. The number of benzene rings is 2. The van der Waals surface area contributed by atoms with Crippen LogP contribution in [0.4, 0.5) is 21.0 Å². The fraction of sp³-hybridized carbons (Fsp3) is 0.545. The molecule has 1 N–H and O–H groups in total. The highest BCUT2D eigenvalue weighted by molar-refractivity contribution is 5.94. The number of nitrogens with zero attached hydrogens (tertiary/aromatic N) is 3. The van der Waals surface area contributed by atoms with Gasteiger partial charge >= 0.3 is 12.2 Å². The van der Waals surface area contributed by atoms with Gasteiger partial charge in [0.05, 0.1) is 6.04 Å². The first kappa shape index (κ1) is 29.7. The Kier molecular flexibility index (Phi) is 8.39. The quantitative estimate of drug-likeness (QED) is 0.478. The molecule has 3 aliphatic rings. The van der Waals surface area contributed by atoms with Crippen molar-refractivity contribution in [1.82, 2.24) is 10.2 Å². The largest absolute Gasteiger partial charge is 0.445 e. The van der Waals surface area contributed by atoms with E-state index >= 15 is 0 Å². The SMILES string of the molecule is CC(=O)N1c2ccc(N3CCN(C(=O)OC(C)(C)C)[C@@H](C)C3)cc2[C@H](NC(=O)OCc2ccccc2)[C@@H](C)C1C1CC1. The number of ether oxygens (including phenoxy) is 2. The highest BCUT2D eigenvalue weighted by atomic mass is 16.6. The maximum atomic E-state index is 13.1. The van der Waals surface area contributed by atoms with Crippen LogP contribution in [-0.4, -0.2) is 60.3 Å². The van der Waals surface area contributed by atoms with Crippen molar-refractivity contribution in [3.8, 4) is 0 Å².